The summed E-state index contributed by atoms with van der Waals surface area (Å²) in [4.78, 5) is 4.86. The molecule has 0 bridgehead atoms. The summed E-state index contributed by atoms with van der Waals surface area (Å²) in [6.45, 7) is 0. The molecule has 0 fully saturated rings. The Hall–Kier alpha value is -5.51. The number of para-hydroxylation sites is 2. The van der Waals surface area contributed by atoms with E-state index in [1.807, 2.05) is 17.5 Å². The Bertz CT molecular complexity index is 2460. The zero-order valence-corrected chi connectivity index (χ0v) is 24.6. The summed E-state index contributed by atoms with van der Waals surface area (Å²) >= 11 is 1.82. The Morgan fingerprint density at radius 1 is 0.432 bits per heavy atom. The summed E-state index contributed by atoms with van der Waals surface area (Å²) in [6, 6.07) is 54.6. The summed E-state index contributed by atoms with van der Waals surface area (Å²) in [5.41, 5.74) is 10.5. The molecule has 9 rings (SSSR count). The standard InChI is InChI=1S/C41H26N2S/c1-4-19-37-33(16-1)34-17-2-5-20-38(34)43(37)32-15-9-13-30(26-32)28-11-7-10-27(24-28)29-12-8-14-31(25-29)40-41-36(22-23-42-40)35-18-3-6-21-39(35)44-41/h1-26H. The minimum atomic E-state index is 1.04. The fourth-order valence-electron chi connectivity index (χ4n) is 6.61. The normalized spacial score (nSPS) is 11.6. The fourth-order valence-corrected chi connectivity index (χ4v) is 7.82. The van der Waals surface area contributed by atoms with Gasteiger partial charge in [-0.05, 0) is 70.8 Å². The molecule has 206 valence electrons. The van der Waals surface area contributed by atoms with Crippen LogP contribution in [0, 0.1) is 0 Å². The highest BCUT2D eigenvalue weighted by atomic mass is 32.1. The number of nitrogens with zero attached hydrogens (tertiary/aromatic N) is 2. The summed E-state index contributed by atoms with van der Waals surface area (Å²) in [5, 5.41) is 5.11. The summed E-state index contributed by atoms with van der Waals surface area (Å²) in [5.74, 6) is 0. The summed E-state index contributed by atoms with van der Waals surface area (Å²) in [6.07, 6.45) is 1.94. The fraction of sp³-hybridized carbons (Fsp3) is 0. The zero-order chi connectivity index (χ0) is 29.0. The molecular formula is C41H26N2S. The van der Waals surface area contributed by atoms with E-state index in [4.69, 9.17) is 4.98 Å². The lowest BCUT2D eigenvalue weighted by Gasteiger charge is -2.12. The van der Waals surface area contributed by atoms with Gasteiger partial charge in [0.2, 0.25) is 0 Å². The number of hydrogen-bond donors (Lipinski definition) is 0. The van der Waals surface area contributed by atoms with Gasteiger partial charge in [-0.15, -0.1) is 11.3 Å². The van der Waals surface area contributed by atoms with E-state index in [0.29, 0.717) is 0 Å². The van der Waals surface area contributed by atoms with Crippen molar-refractivity contribution in [3.05, 3.63) is 158 Å². The lowest BCUT2D eigenvalue weighted by atomic mass is 9.97. The Labute approximate surface area is 259 Å². The minimum absolute atomic E-state index is 1.04. The van der Waals surface area contributed by atoms with Gasteiger partial charge in [-0.2, -0.15) is 0 Å². The van der Waals surface area contributed by atoms with Crippen LogP contribution in [-0.2, 0) is 0 Å². The number of thiophene rings is 1. The maximum absolute atomic E-state index is 4.86. The Kier molecular flexibility index (Phi) is 5.71. The van der Waals surface area contributed by atoms with Gasteiger partial charge in [0.15, 0.2) is 0 Å². The van der Waals surface area contributed by atoms with Gasteiger partial charge in [0.1, 0.15) is 0 Å². The molecule has 0 aliphatic rings. The van der Waals surface area contributed by atoms with Crippen molar-refractivity contribution in [1.82, 2.24) is 9.55 Å². The molecule has 0 spiro atoms. The van der Waals surface area contributed by atoms with Crippen LogP contribution in [0.25, 0.3) is 81.2 Å². The number of benzene rings is 6. The second-order valence-electron chi connectivity index (χ2n) is 11.2. The number of rotatable bonds is 4. The molecule has 0 aliphatic carbocycles. The van der Waals surface area contributed by atoms with Gasteiger partial charge in [-0.1, -0.05) is 103 Å². The number of hydrogen-bond acceptors (Lipinski definition) is 2. The molecule has 3 heterocycles. The topological polar surface area (TPSA) is 17.8 Å². The SMILES string of the molecule is c1cc(-c2cccc(-c3nccc4c3sc3ccccc34)c2)cc(-c2cccc(-n3c4ccccc4c4ccccc43)c2)c1. The molecule has 0 aliphatic heterocycles. The van der Waals surface area contributed by atoms with Crippen LogP contribution < -0.4 is 0 Å². The summed E-state index contributed by atoms with van der Waals surface area (Å²) < 4.78 is 4.91. The van der Waals surface area contributed by atoms with E-state index < -0.39 is 0 Å². The molecule has 9 aromatic rings. The lowest BCUT2D eigenvalue weighted by molar-refractivity contribution is 1.18. The number of pyridine rings is 1. The molecule has 44 heavy (non-hydrogen) atoms. The maximum atomic E-state index is 4.86. The van der Waals surface area contributed by atoms with Crippen molar-refractivity contribution in [3.8, 4) is 39.2 Å². The largest absolute Gasteiger partial charge is 0.309 e. The molecule has 0 saturated heterocycles. The van der Waals surface area contributed by atoms with E-state index in [2.05, 4.69) is 156 Å². The average Bonchev–Trinajstić information content (AvgIpc) is 3.65. The van der Waals surface area contributed by atoms with Crippen molar-refractivity contribution in [2.24, 2.45) is 0 Å². The third-order valence-corrected chi connectivity index (χ3v) is 9.84. The van der Waals surface area contributed by atoms with E-state index in [1.54, 1.807) is 0 Å². The number of aromatic nitrogens is 2. The molecule has 3 heteroatoms. The van der Waals surface area contributed by atoms with E-state index in [9.17, 15) is 0 Å². The molecule has 0 N–H and O–H groups in total. The molecule has 6 aromatic carbocycles. The van der Waals surface area contributed by atoms with Crippen molar-refractivity contribution < 1.29 is 0 Å². The van der Waals surface area contributed by atoms with Gasteiger partial charge in [0.25, 0.3) is 0 Å². The molecule has 0 radical (unpaired) electrons. The van der Waals surface area contributed by atoms with Crippen molar-refractivity contribution in [1.29, 1.82) is 0 Å². The van der Waals surface area contributed by atoms with E-state index in [1.165, 1.54) is 64.2 Å². The maximum Gasteiger partial charge on any atom is 0.0880 e. The molecule has 0 atom stereocenters. The smallest absolute Gasteiger partial charge is 0.0880 e. The second kappa shape index (κ2) is 10.0. The van der Waals surface area contributed by atoms with Crippen molar-refractivity contribution in [2.75, 3.05) is 0 Å². The summed E-state index contributed by atoms with van der Waals surface area (Å²) in [7, 11) is 0. The van der Waals surface area contributed by atoms with Crippen LogP contribution in [0.1, 0.15) is 0 Å². The molecule has 0 unspecified atom stereocenters. The molecule has 0 saturated carbocycles. The first-order valence-corrected chi connectivity index (χ1v) is 15.7. The monoisotopic (exact) mass is 578 g/mol. The first-order chi connectivity index (χ1) is 21.8. The second-order valence-corrected chi connectivity index (χ2v) is 12.3. The quantitative estimate of drug-likeness (QED) is 0.203. The Morgan fingerprint density at radius 3 is 1.68 bits per heavy atom. The molecule has 0 amide bonds. The molecule has 2 nitrogen and oxygen atoms in total. The third-order valence-electron chi connectivity index (χ3n) is 8.64. The van der Waals surface area contributed by atoms with Crippen LogP contribution in [0.15, 0.2) is 158 Å². The molecule has 3 aromatic heterocycles. The predicted octanol–water partition coefficient (Wildman–Crippen LogP) is 11.5. The first kappa shape index (κ1) is 25.0. The predicted molar refractivity (Wildman–Crippen MR) is 188 cm³/mol. The average molecular weight is 579 g/mol. The minimum Gasteiger partial charge on any atom is -0.309 e. The van der Waals surface area contributed by atoms with E-state index in [0.717, 1.165) is 16.9 Å². The van der Waals surface area contributed by atoms with Crippen LogP contribution in [0.4, 0.5) is 0 Å². The van der Waals surface area contributed by atoms with Gasteiger partial charge in [0, 0.05) is 43.7 Å². The van der Waals surface area contributed by atoms with Gasteiger partial charge in [0.05, 0.1) is 21.4 Å². The van der Waals surface area contributed by atoms with E-state index >= 15 is 0 Å². The highest BCUT2D eigenvalue weighted by molar-refractivity contribution is 7.26. The van der Waals surface area contributed by atoms with E-state index in [-0.39, 0.29) is 0 Å². The van der Waals surface area contributed by atoms with Crippen molar-refractivity contribution in [3.63, 3.8) is 0 Å². The van der Waals surface area contributed by atoms with Crippen molar-refractivity contribution in [2.45, 2.75) is 0 Å². The van der Waals surface area contributed by atoms with Crippen LogP contribution in [0.5, 0.6) is 0 Å². The van der Waals surface area contributed by atoms with Crippen molar-refractivity contribution >= 4 is 53.3 Å². The lowest BCUT2D eigenvalue weighted by Crippen LogP contribution is -1.94. The first-order valence-electron chi connectivity index (χ1n) is 14.9. The van der Waals surface area contributed by atoms with Crippen LogP contribution in [0.3, 0.4) is 0 Å². The molecular weight excluding hydrogens is 553 g/mol. The number of fused-ring (bicyclic) bond motifs is 6. The van der Waals surface area contributed by atoms with Gasteiger partial charge < -0.3 is 4.57 Å². The highest BCUT2D eigenvalue weighted by Crippen LogP contribution is 2.40. The van der Waals surface area contributed by atoms with Crippen LogP contribution >= 0.6 is 11.3 Å². The highest BCUT2D eigenvalue weighted by Gasteiger charge is 2.14. The zero-order valence-electron chi connectivity index (χ0n) is 23.8. The van der Waals surface area contributed by atoms with Gasteiger partial charge >= 0.3 is 0 Å². The third kappa shape index (κ3) is 3.98. The van der Waals surface area contributed by atoms with Gasteiger partial charge in [-0.25, -0.2) is 0 Å². The Morgan fingerprint density at radius 2 is 0.977 bits per heavy atom. The Balaban J connectivity index is 1.13. The van der Waals surface area contributed by atoms with Crippen LogP contribution in [0.2, 0.25) is 0 Å². The van der Waals surface area contributed by atoms with Crippen LogP contribution in [-0.4, -0.2) is 9.55 Å². The van der Waals surface area contributed by atoms with Gasteiger partial charge in [-0.3, -0.25) is 4.98 Å².